The number of imide groups is 2. The highest BCUT2D eigenvalue weighted by atomic mass is 16.2. The molecule has 308 valence electrons. The van der Waals surface area contributed by atoms with Gasteiger partial charge in [-0.15, -0.1) is 0 Å². The molecule has 1 atom stereocenters. The third kappa shape index (κ3) is 8.85. The van der Waals surface area contributed by atoms with Crippen LogP contribution in [0.1, 0.15) is 67.9 Å². The van der Waals surface area contributed by atoms with E-state index in [1.807, 2.05) is 41.2 Å². The van der Waals surface area contributed by atoms with Crippen LogP contribution < -0.4 is 26.2 Å². The molecule has 6 amide bonds. The zero-order valence-electron chi connectivity index (χ0n) is 32.9. The summed E-state index contributed by atoms with van der Waals surface area (Å²) in [6, 6.07) is 19.3. The average Bonchev–Trinajstić information content (AvgIpc) is 3.81. The summed E-state index contributed by atoms with van der Waals surface area (Å²) in [5, 5.41) is 16.3. The van der Waals surface area contributed by atoms with E-state index in [0.29, 0.717) is 37.2 Å². The van der Waals surface area contributed by atoms with E-state index in [9.17, 15) is 28.8 Å². The average molecular weight is 812 g/mol. The molecule has 3 aliphatic heterocycles. The maximum absolute atomic E-state index is 13.3. The molecule has 3 aliphatic rings. The fourth-order valence-electron chi connectivity index (χ4n) is 7.84. The van der Waals surface area contributed by atoms with Crippen molar-refractivity contribution in [2.75, 3.05) is 56.0 Å². The number of piperidine rings is 1. The number of unbranched alkanes of at least 4 members (excludes halogenated alkanes) is 1. The predicted octanol–water partition coefficient (Wildman–Crippen LogP) is 2.34. The van der Waals surface area contributed by atoms with Crippen LogP contribution in [0.4, 0.5) is 11.5 Å². The van der Waals surface area contributed by atoms with Crippen molar-refractivity contribution in [1.29, 1.82) is 0 Å². The molecular formula is C43H45N11O6. The Bertz CT molecular complexity index is 2450. The first-order valence-electron chi connectivity index (χ1n) is 20.1. The lowest BCUT2D eigenvalue weighted by Gasteiger charge is -2.35. The fourth-order valence-corrected chi connectivity index (χ4v) is 7.84. The van der Waals surface area contributed by atoms with Gasteiger partial charge in [-0.2, -0.15) is 5.10 Å². The number of fused-ring (bicyclic) bond motifs is 2. The van der Waals surface area contributed by atoms with Crippen LogP contribution in [0.25, 0.3) is 10.9 Å². The Morgan fingerprint density at radius 1 is 0.817 bits per heavy atom. The van der Waals surface area contributed by atoms with E-state index in [2.05, 4.69) is 64.5 Å². The number of rotatable bonds is 15. The summed E-state index contributed by atoms with van der Waals surface area (Å²) in [6.45, 7) is 5.47. The number of hydrogen-bond acceptors (Lipinski definition) is 12. The highest BCUT2D eigenvalue weighted by Crippen LogP contribution is 2.32. The van der Waals surface area contributed by atoms with Gasteiger partial charge in [0.25, 0.3) is 17.7 Å². The summed E-state index contributed by atoms with van der Waals surface area (Å²) >= 11 is 0. The van der Waals surface area contributed by atoms with Crippen molar-refractivity contribution in [2.24, 2.45) is 0 Å². The van der Waals surface area contributed by atoms with Gasteiger partial charge >= 0.3 is 0 Å². The van der Waals surface area contributed by atoms with Crippen LogP contribution in [0.2, 0.25) is 0 Å². The summed E-state index contributed by atoms with van der Waals surface area (Å²) in [4.78, 5) is 90.8. The molecule has 17 heteroatoms. The number of benzene rings is 3. The second-order valence-corrected chi connectivity index (χ2v) is 15.1. The first-order chi connectivity index (χ1) is 29.2. The van der Waals surface area contributed by atoms with Crippen molar-refractivity contribution in [3.8, 4) is 0 Å². The topological polar surface area (TPSA) is 204 Å². The molecule has 0 saturated carbocycles. The molecule has 0 bridgehead atoms. The zero-order chi connectivity index (χ0) is 41.6. The smallest absolute Gasteiger partial charge is 0.264 e. The van der Waals surface area contributed by atoms with Crippen LogP contribution in [-0.2, 0) is 27.5 Å². The maximum atomic E-state index is 13.3. The van der Waals surface area contributed by atoms with Crippen molar-refractivity contribution in [2.45, 2.75) is 44.8 Å². The van der Waals surface area contributed by atoms with Crippen molar-refractivity contribution in [1.82, 2.24) is 45.5 Å². The lowest BCUT2D eigenvalue weighted by atomic mass is 10.0. The van der Waals surface area contributed by atoms with Crippen LogP contribution >= 0.6 is 0 Å². The number of carbonyl (C=O) groups excluding carboxylic acids is 6. The molecule has 60 heavy (non-hydrogen) atoms. The van der Waals surface area contributed by atoms with Gasteiger partial charge in [-0.1, -0.05) is 36.4 Å². The molecule has 2 aromatic heterocycles. The third-order valence-electron chi connectivity index (χ3n) is 10.9. The SMILES string of the molecule is O=C(CNc1cccc2c1C(=O)N(C1CCC(=O)NC1=O)C2=O)NCCCCNC(=O)c1ccc2ncnc(N3CCN(Cc4cnn(Cc5ccccc5)c4)CC3)c2c1. The van der Waals surface area contributed by atoms with Crippen molar-refractivity contribution in [3.63, 3.8) is 0 Å². The lowest BCUT2D eigenvalue weighted by molar-refractivity contribution is -0.136. The number of anilines is 2. The highest BCUT2D eigenvalue weighted by molar-refractivity contribution is 6.25. The summed E-state index contributed by atoms with van der Waals surface area (Å²) in [7, 11) is 0. The number of nitrogens with zero attached hydrogens (tertiary/aromatic N) is 7. The standard InChI is InChI=1S/C43H45N11O6/c55-36-14-13-35(41(58)50-36)54-42(59)31-9-6-10-34(38(31)43(54)60)46-23-37(56)44-15-4-5-16-45-40(57)30-11-12-33-32(21-30)39(48-27-47-33)52-19-17-51(18-20-52)24-29-22-49-53(26-29)25-28-7-2-1-3-8-28/h1-3,6-12,21-22,26-27,35,46H,4-5,13-20,23-25H2,(H,44,56)(H,45,57)(H,50,55,58). The van der Waals surface area contributed by atoms with E-state index in [0.717, 1.165) is 60.9 Å². The first kappa shape index (κ1) is 39.8. The fraction of sp³-hybridized carbons (Fsp3) is 0.326. The molecule has 5 heterocycles. The second-order valence-electron chi connectivity index (χ2n) is 15.1. The highest BCUT2D eigenvalue weighted by Gasteiger charge is 2.45. The number of hydrogen-bond donors (Lipinski definition) is 4. The van der Waals surface area contributed by atoms with Gasteiger partial charge in [-0.3, -0.25) is 48.6 Å². The van der Waals surface area contributed by atoms with Gasteiger partial charge in [0.2, 0.25) is 17.7 Å². The Kier molecular flexibility index (Phi) is 11.8. The minimum Gasteiger partial charge on any atom is -0.375 e. The number of carbonyl (C=O) groups is 6. The van der Waals surface area contributed by atoms with Crippen molar-refractivity contribution in [3.05, 3.63) is 113 Å². The summed E-state index contributed by atoms with van der Waals surface area (Å²) < 4.78 is 1.97. The molecule has 5 aromatic rings. The van der Waals surface area contributed by atoms with Crippen LogP contribution in [-0.4, -0.2) is 117 Å². The number of nitrogens with one attached hydrogen (secondary N) is 4. The Morgan fingerprint density at radius 3 is 2.42 bits per heavy atom. The summed E-state index contributed by atoms with van der Waals surface area (Å²) in [6.07, 6.45) is 6.92. The van der Waals surface area contributed by atoms with E-state index in [1.165, 1.54) is 17.2 Å². The Morgan fingerprint density at radius 2 is 1.62 bits per heavy atom. The molecule has 4 N–H and O–H groups in total. The normalized spacial score (nSPS) is 16.8. The van der Waals surface area contributed by atoms with Gasteiger partial charge in [-0.05, 0) is 55.2 Å². The monoisotopic (exact) mass is 811 g/mol. The molecular weight excluding hydrogens is 767 g/mol. The van der Waals surface area contributed by atoms with E-state index in [1.54, 1.807) is 24.5 Å². The van der Waals surface area contributed by atoms with Crippen LogP contribution in [0.15, 0.2) is 85.5 Å². The molecule has 2 saturated heterocycles. The third-order valence-corrected chi connectivity index (χ3v) is 10.9. The quantitative estimate of drug-likeness (QED) is 0.0889. The summed E-state index contributed by atoms with van der Waals surface area (Å²) in [5.74, 6) is -2.14. The molecule has 8 rings (SSSR count). The summed E-state index contributed by atoms with van der Waals surface area (Å²) in [5.41, 5.74) is 4.17. The molecule has 1 unspecified atom stereocenters. The van der Waals surface area contributed by atoms with E-state index in [-0.39, 0.29) is 42.3 Å². The minimum atomic E-state index is -1.08. The molecule has 17 nitrogen and oxygen atoms in total. The Labute approximate surface area is 345 Å². The maximum Gasteiger partial charge on any atom is 0.264 e. The van der Waals surface area contributed by atoms with E-state index < -0.39 is 29.7 Å². The van der Waals surface area contributed by atoms with Crippen LogP contribution in [0.5, 0.6) is 0 Å². The van der Waals surface area contributed by atoms with E-state index in [4.69, 9.17) is 0 Å². The van der Waals surface area contributed by atoms with Crippen molar-refractivity contribution >= 4 is 57.9 Å². The van der Waals surface area contributed by atoms with Gasteiger partial charge in [0.15, 0.2) is 0 Å². The predicted molar refractivity (Wildman–Crippen MR) is 221 cm³/mol. The molecule has 2 fully saturated rings. The van der Waals surface area contributed by atoms with Gasteiger partial charge < -0.3 is 20.9 Å². The van der Waals surface area contributed by atoms with Gasteiger partial charge in [0.05, 0.1) is 35.9 Å². The Balaban J connectivity index is 0.765. The second kappa shape index (κ2) is 17.9. The molecule has 0 spiro atoms. The van der Waals surface area contributed by atoms with Gasteiger partial charge in [-0.25, -0.2) is 9.97 Å². The first-order valence-corrected chi connectivity index (χ1v) is 20.1. The van der Waals surface area contributed by atoms with Crippen LogP contribution in [0, 0.1) is 0 Å². The van der Waals surface area contributed by atoms with Gasteiger partial charge in [0, 0.05) is 80.6 Å². The number of amides is 6. The Hall–Kier alpha value is -7.01. The molecule has 0 aliphatic carbocycles. The number of aromatic nitrogens is 4. The van der Waals surface area contributed by atoms with Crippen molar-refractivity contribution < 1.29 is 28.8 Å². The lowest BCUT2D eigenvalue weighted by Crippen LogP contribution is -2.54. The zero-order valence-corrected chi connectivity index (χ0v) is 32.9. The minimum absolute atomic E-state index is 0.0220. The van der Waals surface area contributed by atoms with E-state index >= 15 is 0 Å². The molecule has 0 radical (unpaired) electrons. The van der Waals surface area contributed by atoms with Crippen LogP contribution in [0.3, 0.4) is 0 Å². The number of piperazine rings is 1. The van der Waals surface area contributed by atoms with Gasteiger partial charge in [0.1, 0.15) is 18.2 Å². The molecule has 3 aromatic carbocycles. The largest absolute Gasteiger partial charge is 0.375 e.